The normalized spacial score (nSPS) is 18.3. The Morgan fingerprint density at radius 1 is 1.26 bits per heavy atom. The molecule has 0 bridgehead atoms. The molecule has 2 amide bonds. The minimum atomic E-state index is -1.01. The third-order valence-electron chi connectivity index (χ3n) is 6.45. The van der Waals surface area contributed by atoms with E-state index in [1.807, 2.05) is 24.3 Å². The van der Waals surface area contributed by atoms with Gasteiger partial charge in [0.2, 0.25) is 5.91 Å². The fourth-order valence-corrected chi connectivity index (χ4v) is 4.34. The summed E-state index contributed by atoms with van der Waals surface area (Å²) in [6.07, 6.45) is 2.36. The van der Waals surface area contributed by atoms with Crippen molar-refractivity contribution in [1.29, 1.82) is 0 Å². The van der Waals surface area contributed by atoms with Gasteiger partial charge in [0.05, 0.1) is 13.7 Å². The average Bonchev–Trinajstić information content (AvgIpc) is 2.91. The molecular formula is C27H37N7O4. The number of hydrogen-bond acceptors (Lipinski definition) is 8. The number of benzene rings is 1. The Hall–Kier alpha value is -3.99. The lowest BCUT2D eigenvalue weighted by Gasteiger charge is -2.30. The van der Waals surface area contributed by atoms with Crippen molar-refractivity contribution in [2.24, 2.45) is 21.9 Å². The van der Waals surface area contributed by atoms with E-state index in [0.717, 1.165) is 31.2 Å². The van der Waals surface area contributed by atoms with E-state index in [2.05, 4.69) is 32.5 Å². The molecule has 0 unspecified atom stereocenters. The van der Waals surface area contributed by atoms with Gasteiger partial charge in [-0.3, -0.25) is 9.59 Å². The van der Waals surface area contributed by atoms with Crippen LogP contribution < -0.4 is 21.1 Å². The molecule has 1 heterocycles. The molecule has 0 aliphatic heterocycles. The predicted molar refractivity (Wildman–Crippen MR) is 146 cm³/mol. The van der Waals surface area contributed by atoms with Gasteiger partial charge in [0, 0.05) is 30.6 Å². The molecule has 1 aliphatic carbocycles. The van der Waals surface area contributed by atoms with Crippen LogP contribution in [0.15, 0.2) is 46.6 Å². The third kappa shape index (κ3) is 8.27. The number of carbonyl (C=O) groups is 2. The summed E-state index contributed by atoms with van der Waals surface area (Å²) in [6, 6.07) is 10.9. The van der Waals surface area contributed by atoms with Crippen molar-refractivity contribution in [3.8, 4) is 5.75 Å². The van der Waals surface area contributed by atoms with Crippen molar-refractivity contribution in [2.75, 3.05) is 13.7 Å². The third-order valence-corrected chi connectivity index (χ3v) is 6.45. The van der Waals surface area contributed by atoms with E-state index in [1.165, 1.54) is 12.0 Å². The maximum atomic E-state index is 12.8. The van der Waals surface area contributed by atoms with Gasteiger partial charge in [-0.2, -0.15) is 10.2 Å². The minimum absolute atomic E-state index is 0.0559. The molecular weight excluding hydrogens is 486 g/mol. The highest BCUT2D eigenvalue weighted by molar-refractivity contribution is 6.00. The molecule has 1 aromatic carbocycles. The second-order valence-electron chi connectivity index (χ2n) is 9.50. The first-order chi connectivity index (χ1) is 18.2. The van der Waals surface area contributed by atoms with E-state index in [-0.39, 0.29) is 29.4 Å². The van der Waals surface area contributed by atoms with E-state index in [1.54, 1.807) is 26.2 Å². The number of ether oxygens (including phenoxy) is 1. The van der Waals surface area contributed by atoms with Crippen molar-refractivity contribution in [1.82, 2.24) is 20.7 Å². The van der Waals surface area contributed by atoms with Crippen LogP contribution in [0.4, 0.5) is 0 Å². The monoisotopic (exact) mass is 523 g/mol. The van der Waals surface area contributed by atoms with E-state index in [9.17, 15) is 14.7 Å². The number of nitrogens with two attached hydrogens (primary N) is 1. The molecule has 3 rings (SSSR count). The quantitative estimate of drug-likeness (QED) is 0.199. The van der Waals surface area contributed by atoms with Crippen LogP contribution in [0.25, 0.3) is 0 Å². The zero-order valence-corrected chi connectivity index (χ0v) is 22.2. The van der Waals surface area contributed by atoms with Gasteiger partial charge < -0.3 is 26.2 Å². The molecule has 1 fully saturated rings. The van der Waals surface area contributed by atoms with Gasteiger partial charge in [-0.15, -0.1) is 5.10 Å². The van der Waals surface area contributed by atoms with Gasteiger partial charge in [-0.05, 0) is 75.3 Å². The number of hydrazone groups is 2. The first-order valence-electron chi connectivity index (χ1n) is 12.6. The lowest BCUT2D eigenvalue weighted by molar-refractivity contribution is -0.129. The van der Waals surface area contributed by atoms with E-state index in [0.29, 0.717) is 36.0 Å². The molecule has 5 N–H and O–H groups in total. The Morgan fingerprint density at radius 2 is 2.00 bits per heavy atom. The van der Waals surface area contributed by atoms with Crippen LogP contribution in [0.1, 0.15) is 59.9 Å². The van der Waals surface area contributed by atoms with E-state index >= 15 is 0 Å². The summed E-state index contributed by atoms with van der Waals surface area (Å²) in [7, 11) is 1.59. The van der Waals surface area contributed by atoms with Crippen molar-refractivity contribution in [3.63, 3.8) is 0 Å². The molecule has 38 heavy (non-hydrogen) atoms. The SMILES string of the molecule is C=NN(CC1CCC(NC(=O)[C@H](C)O)CC1)/N=C(\N)c1cc(C)nc(C(=O)NCc2cccc(OC)c2)c1. The number of aryl methyl sites for hydroxylation is 1. The molecule has 0 saturated heterocycles. The Balaban J connectivity index is 1.60. The summed E-state index contributed by atoms with van der Waals surface area (Å²) >= 11 is 0. The van der Waals surface area contributed by atoms with Gasteiger partial charge in [0.15, 0.2) is 5.84 Å². The van der Waals surface area contributed by atoms with Crippen LogP contribution in [-0.2, 0) is 11.3 Å². The van der Waals surface area contributed by atoms with Crippen LogP contribution in [0.5, 0.6) is 5.75 Å². The summed E-state index contributed by atoms with van der Waals surface area (Å²) in [5.41, 5.74) is 8.61. The molecule has 204 valence electrons. The zero-order chi connectivity index (χ0) is 27.7. The summed E-state index contributed by atoms with van der Waals surface area (Å²) in [4.78, 5) is 28.9. The zero-order valence-electron chi connectivity index (χ0n) is 22.2. The molecule has 11 heteroatoms. The van der Waals surface area contributed by atoms with E-state index < -0.39 is 6.10 Å². The maximum absolute atomic E-state index is 12.8. The lowest BCUT2D eigenvalue weighted by atomic mass is 9.86. The number of rotatable bonds is 11. The number of aliphatic hydroxyl groups is 1. The average molecular weight is 524 g/mol. The molecule has 0 radical (unpaired) electrons. The first-order valence-corrected chi connectivity index (χ1v) is 12.6. The largest absolute Gasteiger partial charge is 0.497 e. The Kier molecular flexibility index (Phi) is 10.2. The summed E-state index contributed by atoms with van der Waals surface area (Å²) in [5.74, 6) is 0.537. The van der Waals surface area contributed by atoms with Crippen molar-refractivity contribution in [3.05, 3.63) is 58.9 Å². The number of hydrogen-bond donors (Lipinski definition) is 4. The molecule has 1 aliphatic rings. The second kappa shape index (κ2) is 13.5. The van der Waals surface area contributed by atoms with Crippen molar-refractivity contribution < 1.29 is 19.4 Å². The highest BCUT2D eigenvalue weighted by atomic mass is 16.5. The number of pyridine rings is 1. The number of amides is 2. The van der Waals surface area contributed by atoms with Gasteiger partial charge >= 0.3 is 0 Å². The fraction of sp³-hybridized carbons (Fsp3) is 0.444. The van der Waals surface area contributed by atoms with Gasteiger partial charge in [-0.25, -0.2) is 4.98 Å². The predicted octanol–water partition coefficient (Wildman–Crippen LogP) is 1.92. The van der Waals surface area contributed by atoms with Gasteiger partial charge in [0.1, 0.15) is 17.5 Å². The fourth-order valence-electron chi connectivity index (χ4n) is 4.34. The number of amidine groups is 1. The molecule has 1 aromatic heterocycles. The Bertz CT molecular complexity index is 1160. The lowest BCUT2D eigenvalue weighted by Crippen LogP contribution is -2.42. The second-order valence-corrected chi connectivity index (χ2v) is 9.50. The summed E-state index contributed by atoms with van der Waals surface area (Å²) < 4.78 is 5.23. The molecule has 0 spiro atoms. The van der Waals surface area contributed by atoms with Crippen molar-refractivity contribution in [2.45, 2.75) is 58.2 Å². The van der Waals surface area contributed by atoms with Crippen LogP contribution in [-0.4, -0.2) is 65.4 Å². The van der Waals surface area contributed by atoms with Gasteiger partial charge in [0.25, 0.3) is 5.91 Å². The molecule has 11 nitrogen and oxygen atoms in total. The Labute approximate surface area is 223 Å². The molecule has 1 saturated carbocycles. The minimum Gasteiger partial charge on any atom is -0.497 e. The highest BCUT2D eigenvalue weighted by Crippen LogP contribution is 2.25. The van der Waals surface area contributed by atoms with Crippen LogP contribution >= 0.6 is 0 Å². The summed E-state index contributed by atoms with van der Waals surface area (Å²) in [5, 5.41) is 25.0. The number of aromatic nitrogens is 1. The Morgan fingerprint density at radius 3 is 2.66 bits per heavy atom. The summed E-state index contributed by atoms with van der Waals surface area (Å²) in [6.45, 7) is 7.71. The number of nitrogens with zero attached hydrogens (tertiary/aromatic N) is 4. The smallest absolute Gasteiger partial charge is 0.270 e. The standard InChI is InChI=1S/C27H37N7O4/c1-17-12-21(14-24(31-17)27(37)30-15-20-6-5-7-23(13-20)38-4)25(28)33-34(29-3)16-19-8-10-22(11-9-19)32-26(36)18(2)35/h5-7,12-14,18-19,22,35H,3,8-11,15-16H2,1-2,4H3,(H2,28,33)(H,30,37)(H,32,36)/t18-,19?,22?/m0/s1. The van der Waals surface area contributed by atoms with Crippen LogP contribution in [0, 0.1) is 12.8 Å². The van der Waals surface area contributed by atoms with Crippen LogP contribution in [0.3, 0.4) is 0 Å². The van der Waals surface area contributed by atoms with E-state index in [4.69, 9.17) is 10.5 Å². The number of aliphatic hydroxyl groups excluding tert-OH is 1. The van der Waals surface area contributed by atoms with Gasteiger partial charge in [-0.1, -0.05) is 12.1 Å². The topological polar surface area (TPSA) is 155 Å². The number of carbonyl (C=O) groups excluding carboxylic acids is 2. The number of nitrogens with one attached hydrogen (secondary N) is 2. The highest BCUT2D eigenvalue weighted by Gasteiger charge is 2.25. The number of methoxy groups -OCH3 is 1. The molecule has 2 aromatic rings. The van der Waals surface area contributed by atoms with Crippen molar-refractivity contribution >= 4 is 24.4 Å². The maximum Gasteiger partial charge on any atom is 0.270 e. The van der Waals surface area contributed by atoms with Crippen LogP contribution in [0.2, 0.25) is 0 Å². The first kappa shape index (κ1) is 28.6. The molecule has 1 atom stereocenters.